The number of alkyl halides is 3. The number of nitrogens with zero attached hydrogens (tertiary/aromatic N) is 3. The minimum atomic E-state index is -4.70. The van der Waals surface area contributed by atoms with E-state index < -0.39 is 18.3 Å². The van der Waals surface area contributed by atoms with Crippen LogP contribution in [0.25, 0.3) is 0 Å². The summed E-state index contributed by atoms with van der Waals surface area (Å²) in [4.78, 5) is 5.42. The Bertz CT molecular complexity index is 615. The molecule has 23 heavy (non-hydrogen) atoms. The maximum absolute atomic E-state index is 13.0. The van der Waals surface area contributed by atoms with Crippen LogP contribution in [0, 0.1) is 23.2 Å². The van der Waals surface area contributed by atoms with Gasteiger partial charge in [0.1, 0.15) is 6.07 Å². The average molecular weight is 329 g/mol. The van der Waals surface area contributed by atoms with E-state index in [2.05, 4.69) is 4.98 Å². The second kappa shape index (κ2) is 6.24. The summed E-state index contributed by atoms with van der Waals surface area (Å²) < 4.78 is 44.0. The maximum Gasteiger partial charge on any atom is 0.416 e. The van der Waals surface area contributed by atoms with E-state index in [1.54, 1.807) is 6.92 Å². The predicted molar refractivity (Wildman–Crippen MR) is 77.0 cm³/mol. The highest BCUT2D eigenvalue weighted by Crippen LogP contribution is 2.40. The second-order valence-corrected chi connectivity index (χ2v) is 5.82. The zero-order valence-corrected chi connectivity index (χ0v) is 13.0. The molecule has 5 nitrogen and oxygen atoms in total. The molecular formula is C15H18F3N3O2. The highest BCUT2D eigenvalue weighted by molar-refractivity contribution is 5.54. The zero-order valence-electron chi connectivity index (χ0n) is 13.0. The van der Waals surface area contributed by atoms with Gasteiger partial charge >= 0.3 is 6.18 Å². The predicted octanol–water partition coefficient (Wildman–Crippen LogP) is 2.35. The minimum Gasteiger partial charge on any atom is -0.494 e. The monoisotopic (exact) mass is 329 g/mol. The second-order valence-electron chi connectivity index (χ2n) is 5.82. The molecule has 2 rings (SSSR count). The van der Waals surface area contributed by atoms with Gasteiger partial charge in [0.2, 0.25) is 0 Å². The fourth-order valence-corrected chi connectivity index (χ4v) is 2.98. The smallest absolute Gasteiger partial charge is 0.416 e. The van der Waals surface area contributed by atoms with Crippen molar-refractivity contribution in [3.8, 4) is 11.8 Å². The van der Waals surface area contributed by atoms with E-state index in [4.69, 9.17) is 10.00 Å². The van der Waals surface area contributed by atoms with E-state index in [9.17, 15) is 18.3 Å². The molecule has 0 bridgehead atoms. The van der Waals surface area contributed by atoms with Crippen LogP contribution in [0.2, 0.25) is 0 Å². The van der Waals surface area contributed by atoms with Crippen LogP contribution >= 0.6 is 0 Å². The SMILES string of the molecule is COc1cc(N2C[C@H](C)[C@H](C)[C@@H]2[C@@H](O)C(F)(F)F)cnc1C#N. The molecule has 1 fully saturated rings. The summed E-state index contributed by atoms with van der Waals surface area (Å²) in [5, 5.41) is 18.7. The molecule has 0 saturated carbocycles. The summed E-state index contributed by atoms with van der Waals surface area (Å²) in [6.45, 7) is 3.89. The van der Waals surface area contributed by atoms with E-state index in [1.165, 1.54) is 24.3 Å². The lowest BCUT2D eigenvalue weighted by Gasteiger charge is -2.33. The number of nitriles is 1. The fourth-order valence-electron chi connectivity index (χ4n) is 2.98. The molecule has 1 aliphatic rings. The Morgan fingerprint density at radius 1 is 1.48 bits per heavy atom. The molecule has 4 atom stereocenters. The van der Waals surface area contributed by atoms with Gasteiger partial charge in [-0.05, 0) is 11.8 Å². The van der Waals surface area contributed by atoms with E-state index in [1.807, 2.05) is 13.0 Å². The van der Waals surface area contributed by atoms with Crippen LogP contribution < -0.4 is 9.64 Å². The lowest BCUT2D eigenvalue weighted by Crippen LogP contribution is -2.49. The molecule has 0 aliphatic carbocycles. The molecule has 0 spiro atoms. The van der Waals surface area contributed by atoms with Crippen molar-refractivity contribution in [1.82, 2.24) is 4.98 Å². The van der Waals surface area contributed by atoms with Crippen molar-refractivity contribution in [2.24, 2.45) is 11.8 Å². The van der Waals surface area contributed by atoms with Crippen molar-refractivity contribution in [2.45, 2.75) is 32.2 Å². The van der Waals surface area contributed by atoms with E-state index >= 15 is 0 Å². The number of anilines is 1. The molecule has 1 aromatic heterocycles. The summed E-state index contributed by atoms with van der Waals surface area (Å²) in [6.07, 6.45) is -5.82. The van der Waals surface area contributed by atoms with E-state index in [0.29, 0.717) is 12.2 Å². The van der Waals surface area contributed by atoms with Gasteiger partial charge < -0.3 is 14.7 Å². The molecule has 0 unspecified atom stereocenters. The quantitative estimate of drug-likeness (QED) is 0.922. The number of pyridine rings is 1. The van der Waals surface area contributed by atoms with Crippen molar-refractivity contribution in [3.63, 3.8) is 0 Å². The molecule has 126 valence electrons. The lowest BCUT2D eigenvalue weighted by molar-refractivity contribution is -0.211. The molecule has 1 aliphatic heterocycles. The number of hydrogen-bond donors (Lipinski definition) is 1. The Hall–Kier alpha value is -2.01. The first-order valence-electron chi connectivity index (χ1n) is 7.16. The third-order valence-electron chi connectivity index (χ3n) is 4.44. The fraction of sp³-hybridized carbons (Fsp3) is 0.600. The number of rotatable bonds is 3. The van der Waals surface area contributed by atoms with Gasteiger partial charge in [-0.2, -0.15) is 18.4 Å². The molecule has 0 amide bonds. The number of halogens is 3. The standard InChI is InChI=1S/C15H18F3N3O2/c1-8-7-21(13(9(8)2)14(22)15(16,17)18)10-4-12(23-3)11(5-19)20-6-10/h4,6,8-9,13-14,22H,7H2,1-3H3/t8-,9-,13+,14+/m0/s1. The highest BCUT2D eigenvalue weighted by Gasteiger charge is 2.51. The van der Waals surface area contributed by atoms with Gasteiger partial charge in [-0.15, -0.1) is 0 Å². The third-order valence-corrected chi connectivity index (χ3v) is 4.44. The van der Waals surface area contributed by atoms with Gasteiger partial charge in [0.25, 0.3) is 0 Å². The Kier molecular flexibility index (Phi) is 4.71. The highest BCUT2D eigenvalue weighted by atomic mass is 19.4. The summed E-state index contributed by atoms with van der Waals surface area (Å²) >= 11 is 0. The number of aliphatic hydroxyl groups is 1. The van der Waals surface area contributed by atoms with Crippen molar-refractivity contribution in [1.29, 1.82) is 5.26 Å². The summed E-state index contributed by atoms with van der Waals surface area (Å²) in [7, 11) is 1.36. The van der Waals surface area contributed by atoms with Crippen LogP contribution in [0.3, 0.4) is 0 Å². The van der Waals surface area contributed by atoms with E-state index in [-0.39, 0.29) is 23.3 Å². The Morgan fingerprint density at radius 3 is 2.65 bits per heavy atom. The molecule has 1 saturated heterocycles. The first-order valence-corrected chi connectivity index (χ1v) is 7.16. The van der Waals surface area contributed by atoms with Crippen LogP contribution in [0.5, 0.6) is 5.75 Å². The number of ether oxygens (including phenoxy) is 1. The minimum absolute atomic E-state index is 0.0290. The van der Waals surface area contributed by atoms with Gasteiger partial charge in [-0.3, -0.25) is 0 Å². The van der Waals surface area contributed by atoms with Crippen LogP contribution in [0.4, 0.5) is 18.9 Å². The van der Waals surface area contributed by atoms with Crippen LogP contribution in [0.15, 0.2) is 12.3 Å². The maximum atomic E-state index is 13.0. The Balaban J connectivity index is 2.42. The molecule has 1 N–H and O–H groups in total. The van der Waals surface area contributed by atoms with Crippen LogP contribution in [-0.4, -0.2) is 42.1 Å². The molecule has 0 radical (unpaired) electrons. The van der Waals surface area contributed by atoms with Crippen molar-refractivity contribution in [2.75, 3.05) is 18.6 Å². The van der Waals surface area contributed by atoms with Crippen LogP contribution in [0.1, 0.15) is 19.5 Å². The number of hydrogen-bond acceptors (Lipinski definition) is 5. The largest absolute Gasteiger partial charge is 0.494 e. The topological polar surface area (TPSA) is 69.4 Å². The van der Waals surface area contributed by atoms with Crippen molar-refractivity contribution < 1.29 is 23.0 Å². The van der Waals surface area contributed by atoms with Crippen molar-refractivity contribution >= 4 is 5.69 Å². The number of methoxy groups -OCH3 is 1. The number of aliphatic hydroxyl groups excluding tert-OH is 1. The van der Waals surface area contributed by atoms with E-state index in [0.717, 1.165) is 0 Å². The first kappa shape index (κ1) is 17.3. The molecular weight excluding hydrogens is 311 g/mol. The zero-order chi connectivity index (χ0) is 17.4. The Morgan fingerprint density at radius 2 is 2.13 bits per heavy atom. The van der Waals surface area contributed by atoms with Gasteiger partial charge in [0, 0.05) is 12.6 Å². The normalized spacial score (nSPS) is 26.0. The van der Waals surface area contributed by atoms with Gasteiger partial charge in [-0.1, -0.05) is 13.8 Å². The first-order chi connectivity index (χ1) is 10.7. The summed E-state index contributed by atoms with van der Waals surface area (Å²) in [5.41, 5.74) is 0.454. The average Bonchev–Trinajstić information content (AvgIpc) is 2.80. The van der Waals surface area contributed by atoms with Gasteiger partial charge in [0.05, 0.1) is 25.0 Å². The molecule has 2 heterocycles. The lowest BCUT2D eigenvalue weighted by atomic mass is 9.90. The summed E-state index contributed by atoms with van der Waals surface area (Å²) in [5.74, 6) is -0.190. The Labute approximate surface area is 132 Å². The van der Waals surface area contributed by atoms with Crippen LogP contribution in [-0.2, 0) is 0 Å². The summed E-state index contributed by atoms with van der Waals surface area (Å²) in [6, 6.07) is 2.23. The number of aromatic nitrogens is 1. The third kappa shape index (κ3) is 3.20. The molecule has 8 heteroatoms. The van der Waals surface area contributed by atoms with Gasteiger partial charge in [-0.25, -0.2) is 4.98 Å². The van der Waals surface area contributed by atoms with Gasteiger partial charge in [0.15, 0.2) is 17.5 Å². The van der Waals surface area contributed by atoms with Crippen molar-refractivity contribution in [3.05, 3.63) is 18.0 Å². The molecule has 0 aromatic carbocycles. The molecule has 1 aromatic rings.